The number of aryl methyl sites for hydroxylation is 1. The summed E-state index contributed by atoms with van der Waals surface area (Å²) in [6, 6.07) is 1.65. The average Bonchev–Trinajstić information content (AvgIpc) is 2.70. The van der Waals surface area contributed by atoms with Gasteiger partial charge in [0.2, 0.25) is 10.0 Å². The lowest BCUT2D eigenvalue weighted by Crippen LogP contribution is -2.52. The molecule has 1 saturated heterocycles. The second-order valence-electron chi connectivity index (χ2n) is 5.14. The van der Waals surface area contributed by atoms with Gasteiger partial charge in [-0.3, -0.25) is 0 Å². The molecule has 0 saturated carbocycles. The van der Waals surface area contributed by atoms with Crippen LogP contribution in [0.4, 0.5) is 0 Å². The summed E-state index contributed by atoms with van der Waals surface area (Å²) in [5.74, 6) is 0.310. The Morgan fingerprint density at radius 3 is 2.58 bits per heavy atom. The first-order valence-corrected chi connectivity index (χ1v) is 8.25. The fourth-order valence-electron chi connectivity index (χ4n) is 2.47. The van der Waals surface area contributed by atoms with Crippen LogP contribution < -0.4 is 0 Å². The van der Waals surface area contributed by atoms with Crippen molar-refractivity contribution in [3.05, 3.63) is 18.0 Å². The molecule has 1 aliphatic heterocycles. The third kappa shape index (κ3) is 2.81. The molecule has 2 rings (SSSR count). The molecule has 0 spiro atoms. The minimum absolute atomic E-state index is 0.0107. The second-order valence-corrected chi connectivity index (χ2v) is 7.30. The van der Waals surface area contributed by atoms with Gasteiger partial charge in [0.25, 0.3) is 0 Å². The van der Waals surface area contributed by atoms with Crippen LogP contribution in [0.25, 0.3) is 0 Å². The van der Waals surface area contributed by atoms with Crippen LogP contribution in [0.5, 0.6) is 0 Å². The molecule has 2 heterocycles. The van der Waals surface area contributed by atoms with E-state index in [2.05, 4.69) is 4.90 Å². The largest absolute Gasteiger partial charge is 0.352 e. The Balaban J connectivity index is 2.31. The number of sulfonamides is 1. The fraction of sp³-hybridized carbons (Fsp3) is 0.667. The van der Waals surface area contributed by atoms with Gasteiger partial charge in [0, 0.05) is 44.6 Å². The van der Waals surface area contributed by atoms with Crippen molar-refractivity contribution >= 4 is 21.6 Å². The standard InChI is InChI=1S/C12H20ClN3O2S/c1-10-8-14(2)4-5-16(10)19(17,18)12-6-11(7-13)15(3)9-12/h6,9-10H,4-5,7-8H2,1-3H3. The summed E-state index contributed by atoms with van der Waals surface area (Å²) in [6.07, 6.45) is 1.64. The number of nitrogens with zero attached hydrogens (tertiary/aromatic N) is 3. The first-order chi connectivity index (χ1) is 8.86. The molecular weight excluding hydrogens is 286 g/mol. The number of piperazine rings is 1. The predicted molar refractivity (Wildman–Crippen MR) is 75.8 cm³/mol. The Bertz CT molecular complexity index is 555. The van der Waals surface area contributed by atoms with Crippen molar-refractivity contribution in [2.24, 2.45) is 7.05 Å². The third-order valence-corrected chi connectivity index (χ3v) is 5.85. The Labute approximate surface area is 119 Å². The molecule has 0 aliphatic carbocycles. The molecular formula is C12H20ClN3O2S. The highest BCUT2D eigenvalue weighted by atomic mass is 35.5. The first-order valence-electron chi connectivity index (χ1n) is 6.28. The summed E-state index contributed by atoms with van der Waals surface area (Å²) in [5, 5.41) is 0. The predicted octanol–water partition coefficient (Wildman–Crippen LogP) is 1.09. The van der Waals surface area contributed by atoms with E-state index in [1.54, 1.807) is 21.1 Å². The zero-order valence-corrected chi connectivity index (χ0v) is 13.1. The van der Waals surface area contributed by atoms with Gasteiger partial charge in [-0.1, -0.05) is 0 Å². The lowest BCUT2D eigenvalue weighted by atomic mass is 10.2. The van der Waals surface area contributed by atoms with Crippen LogP contribution in [0.1, 0.15) is 12.6 Å². The zero-order valence-electron chi connectivity index (χ0n) is 11.5. The van der Waals surface area contributed by atoms with Crippen LogP contribution >= 0.6 is 11.6 Å². The number of likely N-dealkylation sites (N-methyl/N-ethyl adjacent to an activating group) is 1. The highest BCUT2D eigenvalue weighted by molar-refractivity contribution is 7.89. The second kappa shape index (κ2) is 5.44. The average molecular weight is 306 g/mol. The Morgan fingerprint density at radius 1 is 1.37 bits per heavy atom. The number of alkyl halides is 1. The first kappa shape index (κ1) is 14.8. The van der Waals surface area contributed by atoms with Crippen molar-refractivity contribution in [2.75, 3.05) is 26.7 Å². The van der Waals surface area contributed by atoms with Crippen molar-refractivity contribution in [1.82, 2.24) is 13.8 Å². The van der Waals surface area contributed by atoms with Gasteiger partial charge in [-0.2, -0.15) is 4.31 Å². The topological polar surface area (TPSA) is 45.6 Å². The Morgan fingerprint density at radius 2 is 2.05 bits per heavy atom. The van der Waals surface area contributed by atoms with Gasteiger partial charge in [-0.15, -0.1) is 11.6 Å². The summed E-state index contributed by atoms with van der Waals surface area (Å²) in [7, 11) is 0.399. The summed E-state index contributed by atoms with van der Waals surface area (Å²) >= 11 is 5.79. The van der Waals surface area contributed by atoms with Crippen LogP contribution in [0.3, 0.4) is 0 Å². The molecule has 0 N–H and O–H groups in total. The SMILES string of the molecule is CC1CN(C)CCN1S(=O)(=O)c1cc(CCl)n(C)c1. The van der Waals surface area contributed by atoms with E-state index in [0.717, 1.165) is 18.8 Å². The number of hydrogen-bond donors (Lipinski definition) is 0. The molecule has 7 heteroatoms. The van der Waals surface area contributed by atoms with Crippen LogP contribution in [-0.4, -0.2) is 54.9 Å². The van der Waals surface area contributed by atoms with E-state index in [0.29, 0.717) is 17.3 Å². The molecule has 1 unspecified atom stereocenters. The third-order valence-electron chi connectivity index (χ3n) is 3.60. The van der Waals surface area contributed by atoms with E-state index in [4.69, 9.17) is 11.6 Å². The molecule has 0 aromatic carbocycles. The highest BCUT2D eigenvalue weighted by Gasteiger charge is 2.33. The van der Waals surface area contributed by atoms with Crippen LogP contribution in [-0.2, 0) is 23.0 Å². The van der Waals surface area contributed by atoms with Gasteiger partial charge < -0.3 is 9.47 Å². The van der Waals surface area contributed by atoms with E-state index in [9.17, 15) is 8.42 Å². The molecule has 1 aromatic heterocycles. The molecule has 1 fully saturated rings. The number of halogens is 1. The molecule has 0 radical (unpaired) electrons. The van der Waals surface area contributed by atoms with E-state index < -0.39 is 10.0 Å². The van der Waals surface area contributed by atoms with Crippen molar-refractivity contribution in [3.63, 3.8) is 0 Å². The zero-order chi connectivity index (χ0) is 14.2. The normalized spacial score (nSPS) is 22.8. The molecule has 1 aromatic rings. The quantitative estimate of drug-likeness (QED) is 0.785. The molecule has 108 valence electrons. The van der Waals surface area contributed by atoms with Crippen LogP contribution in [0.2, 0.25) is 0 Å². The Kier molecular flexibility index (Phi) is 4.25. The van der Waals surface area contributed by atoms with E-state index in [1.165, 1.54) is 0 Å². The summed E-state index contributed by atoms with van der Waals surface area (Å²) in [5.41, 5.74) is 0.807. The minimum Gasteiger partial charge on any atom is -0.352 e. The van der Waals surface area contributed by atoms with Crippen LogP contribution in [0.15, 0.2) is 17.2 Å². The van der Waals surface area contributed by atoms with E-state index >= 15 is 0 Å². The van der Waals surface area contributed by atoms with Crippen molar-refractivity contribution in [1.29, 1.82) is 0 Å². The molecule has 19 heavy (non-hydrogen) atoms. The maximum absolute atomic E-state index is 12.6. The lowest BCUT2D eigenvalue weighted by Gasteiger charge is -2.36. The van der Waals surface area contributed by atoms with Gasteiger partial charge >= 0.3 is 0 Å². The summed E-state index contributed by atoms with van der Waals surface area (Å²) in [6.45, 7) is 4.00. The van der Waals surface area contributed by atoms with Gasteiger partial charge in [0.15, 0.2) is 0 Å². The van der Waals surface area contributed by atoms with Crippen molar-refractivity contribution in [2.45, 2.75) is 23.7 Å². The molecule has 0 amide bonds. The highest BCUT2D eigenvalue weighted by Crippen LogP contribution is 2.23. The maximum atomic E-state index is 12.6. The number of aromatic nitrogens is 1. The molecule has 1 atom stereocenters. The van der Waals surface area contributed by atoms with E-state index in [1.807, 2.05) is 21.0 Å². The Hall–Kier alpha value is -0.560. The number of rotatable bonds is 3. The summed E-state index contributed by atoms with van der Waals surface area (Å²) < 4.78 is 28.6. The molecule has 0 bridgehead atoms. The van der Waals surface area contributed by atoms with E-state index in [-0.39, 0.29) is 6.04 Å². The lowest BCUT2D eigenvalue weighted by molar-refractivity contribution is 0.170. The smallest absolute Gasteiger partial charge is 0.244 e. The molecule has 5 nitrogen and oxygen atoms in total. The monoisotopic (exact) mass is 305 g/mol. The maximum Gasteiger partial charge on any atom is 0.244 e. The summed E-state index contributed by atoms with van der Waals surface area (Å²) in [4.78, 5) is 2.48. The van der Waals surface area contributed by atoms with Crippen molar-refractivity contribution in [3.8, 4) is 0 Å². The van der Waals surface area contributed by atoms with Gasteiger partial charge in [-0.05, 0) is 20.0 Å². The fourth-order valence-corrected chi connectivity index (χ4v) is 4.44. The van der Waals surface area contributed by atoms with Gasteiger partial charge in [-0.25, -0.2) is 8.42 Å². The van der Waals surface area contributed by atoms with Crippen molar-refractivity contribution < 1.29 is 8.42 Å². The molecule has 1 aliphatic rings. The van der Waals surface area contributed by atoms with Crippen LogP contribution in [0, 0.1) is 0 Å². The minimum atomic E-state index is -3.42. The van der Waals surface area contributed by atoms with Gasteiger partial charge in [0.05, 0.1) is 5.88 Å². The van der Waals surface area contributed by atoms with Gasteiger partial charge in [0.1, 0.15) is 4.90 Å². The number of hydrogen-bond acceptors (Lipinski definition) is 3.